The van der Waals surface area contributed by atoms with E-state index < -0.39 is 78.5 Å². The summed E-state index contributed by atoms with van der Waals surface area (Å²) >= 11 is 0. The first-order valence-corrected chi connectivity index (χ1v) is 26.5. The highest BCUT2D eigenvalue weighted by molar-refractivity contribution is 7.80. The number of nitrogens with one attached hydrogen (secondary N) is 1. The molecule has 1 heterocycles. The topological polar surface area (TPSA) is 212 Å². The van der Waals surface area contributed by atoms with Gasteiger partial charge in [-0.1, -0.05) is 199 Å². The van der Waals surface area contributed by atoms with Crippen LogP contribution in [0.1, 0.15) is 226 Å². The SMILES string of the molecule is CCCCCCCCC/C=C\CCCCCCC(O)C(=O)NC(COC1OC(CO)C(O)C(OS(=O)(=O)O)C1O)C(O)CCCCCCCCCCCCCCCCCCCC. The molecule has 62 heavy (non-hydrogen) atoms. The Morgan fingerprint density at radius 1 is 0.629 bits per heavy atom. The van der Waals surface area contributed by atoms with Crippen molar-refractivity contribution in [2.75, 3.05) is 13.2 Å². The number of ether oxygens (including phenoxy) is 2. The number of rotatable bonds is 43. The lowest BCUT2D eigenvalue weighted by atomic mass is 9.99. The average molecular weight is 908 g/mol. The minimum Gasteiger partial charge on any atom is -0.394 e. The molecule has 368 valence electrons. The van der Waals surface area contributed by atoms with E-state index in [-0.39, 0.29) is 6.42 Å². The van der Waals surface area contributed by atoms with Crippen LogP contribution < -0.4 is 5.32 Å². The number of amides is 1. The van der Waals surface area contributed by atoms with Gasteiger partial charge in [0.2, 0.25) is 5.91 Å². The van der Waals surface area contributed by atoms with E-state index in [9.17, 15) is 43.3 Å². The maximum atomic E-state index is 13.1. The fourth-order valence-corrected chi connectivity index (χ4v) is 8.68. The minimum atomic E-state index is -5.11. The molecule has 1 saturated heterocycles. The average Bonchev–Trinajstić information content (AvgIpc) is 3.24. The monoisotopic (exact) mass is 908 g/mol. The van der Waals surface area contributed by atoms with Gasteiger partial charge in [0.25, 0.3) is 0 Å². The summed E-state index contributed by atoms with van der Waals surface area (Å²) in [5, 5.41) is 55.5. The molecule has 1 fully saturated rings. The van der Waals surface area contributed by atoms with Crippen molar-refractivity contribution in [3.8, 4) is 0 Å². The van der Waals surface area contributed by atoms with Gasteiger partial charge in [0.05, 0.1) is 25.4 Å². The van der Waals surface area contributed by atoms with Crippen molar-refractivity contribution in [2.24, 2.45) is 0 Å². The summed E-state index contributed by atoms with van der Waals surface area (Å²) in [5.41, 5.74) is 0. The Kier molecular flexibility index (Phi) is 37.0. The number of unbranched alkanes of at least 4 members (excludes halogenated alkanes) is 28. The van der Waals surface area contributed by atoms with Crippen molar-refractivity contribution in [1.29, 1.82) is 0 Å². The molecule has 0 radical (unpaired) electrons. The molecule has 8 atom stereocenters. The molecule has 0 aliphatic carbocycles. The molecule has 7 N–H and O–H groups in total. The largest absolute Gasteiger partial charge is 0.397 e. The Balaban J connectivity index is 2.52. The lowest BCUT2D eigenvalue weighted by Crippen LogP contribution is -2.61. The zero-order valence-corrected chi connectivity index (χ0v) is 39.9. The van der Waals surface area contributed by atoms with Gasteiger partial charge in [0.15, 0.2) is 6.29 Å². The number of carbonyl (C=O) groups is 1. The van der Waals surface area contributed by atoms with Gasteiger partial charge < -0.3 is 40.3 Å². The van der Waals surface area contributed by atoms with Crippen molar-refractivity contribution in [1.82, 2.24) is 5.32 Å². The molecule has 14 heteroatoms. The fraction of sp³-hybridized carbons (Fsp3) is 0.938. The second-order valence-corrected chi connectivity index (χ2v) is 18.9. The highest BCUT2D eigenvalue weighted by atomic mass is 32.3. The molecule has 0 bridgehead atoms. The third-order valence-electron chi connectivity index (χ3n) is 12.2. The first-order chi connectivity index (χ1) is 29.9. The van der Waals surface area contributed by atoms with Gasteiger partial charge in [-0.15, -0.1) is 0 Å². The summed E-state index contributed by atoms with van der Waals surface area (Å²) in [4.78, 5) is 13.1. The normalized spacial score (nSPS) is 21.1. The molecule has 0 aromatic rings. The Morgan fingerprint density at radius 2 is 1.03 bits per heavy atom. The molecule has 0 aromatic carbocycles. The van der Waals surface area contributed by atoms with E-state index >= 15 is 0 Å². The Labute approximate surface area is 377 Å². The van der Waals surface area contributed by atoms with Crippen LogP contribution in [-0.2, 0) is 28.9 Å². The van der Waals surface area contributed by atoms with E-state index in [4.69, 9.17) is 9.47 Å². The van der Waals surface area contributed by atoms with E-state index in [0.717, 1.165) is 51.4 Å². The maximum Gasteiger partial charge on any atom is 0.397 e. The van der Waals surface area contributed by atoms with Crippen molar-refractivity contribution in [3.05, 3.63) is 12.2 Å². The minimum absolute atomic E-state index is 0.248. The van der Waals surface area contributed by atoms with Crippen LogP contribution >= 0.6 is 0 Å². The molecular formula is C48H93NO12S. The molecule has 1 aliphatic rings. The number of aliphatic hydroxyl groups is 5. The van der Waals surface area contributed by atoms with Crippen molar-refractivity contribution >= 4 is 16.3 Å². The van der Waals surface area contributed by atoms with Gasteiger partial charge in [-0.25, -0.2) is 4.18 Å². The van der Waals surface area contributed by atoms with Crippen molar-refractivity contribution in [3.63, 3.8) is 0 Å². The van der Waals surface area contributed by atoms with Gasteiger partial charge in [-0.2, -0.15) is 8.42 Å². The third-order valence-corrected chi connectivity index (χ3v) is 12.6. The summed E-state index contributed by atoms with van der Waals surface area (Å²) in [5.74, 6) is -0.676. The van der Waals surface area contributed by atoms with E-state index in [1.165, 1.54) is 135 Å². The van der Waals surface area contributed by atoms with E-state index in [0.29, 0.717) is 19.3 Å². The fourth-order valence-electron chi connectivity index (χ4n) is 8.17. The predicted molar refractivity (Wildman–Crippen MR) is 247 cm³/mol. The van der Waals surface area contributed by atoms with E-state index in [1.54, 1.807) is 0 Å². The molecule has 0 aromatic heterocycles. The molecule has 13 nitrogen and oxygen atoms in total. The molecule has 8 unspecified atom stereocenters. The standard InChI is InChI=1S/C48H93NO12S/c1-3-5-7-9-11-13-15-17-19-20-21-23-24-26-28-30-32-34-36-41(51)40(39-59-48-45(54)46(61-62(56,57)58)44(53)43(38-50)60-48)49-47(55)42(52)37-35-33-31-29-27-25-22-18-16-14-12-10-8-6-4-2/h22,25,40-46,48,50-54H,3-21,23-24,26-39H2,1-2H3,(H,49,55)(H,56,57,58)/b25-22-. The number of hydrogen-bond donors (Lipinski definition) is 7. The Hall–Kier alpha value is -1.20. The van der Waals surface area contributed by atoms with Crippen LogP contribution in [0.5, 0.6) is 0 Å². The van der Waals surface area contributed by atoms with Crippen LogP contribution in [0, 0.1) is 0 Å². The lowest BCUT2D eigenvalue weighted by molar-refractivity contribution is -0.298. The lowest BCUT2D eigenvalue weighted by Gasteiger charge is -2.41. The summed E-state index contributed by atoms with van der Waals surface area (Å²) < 4.78 is 47.7. The smallest absolute Gasteiger partial charge is 0.394 e. The summed E-state index contributed by atoms with van der Waals surface area (Å²) in [6.07, 6.45) is 31.0. The zero-order chi connectivity index (χ0) is 45.7. The Morgan fingerprint density at radius 3 is 1.45 bits per heavy atom. The van der Waals surface area contributed by atoms with Crippen LogP contribution in [0.2, 0.25) is 0 Å². The molecule has 1 rings (SSSR count). The number of allylic oxidation sites excluding steroid dienone is 2. The second-order valence-electron chi connectivity index (χ2n) is 17.9. The highest BCUT2D eigenvalue weighted by Gasteiger charge is 2.48. The van der Waals surface area contributed by atoms with Gasteiger partial charge >= 0.3 is 10.4 Å². The van der Waals surface area contributed by atoms with Crippen molar-refractivity contribution < 1.29 is 57.0 Å². The van der Waals surface area contributed by atoms with Crippen LogP contribution in [0.3, 0.4) is 0 Å². The number of hydrogen-bond acceptors (Lipinski definition) is 11. The van der Waals surface area contributed by atoms with Gasteiger partial charge in [-0.3, -0.25) is 9.35 Å². The van der Waals surface area contributed by atoms with Gasteiger partial charge in [0, 0.05) is 0 Å². The first kappa shape index (κ1) is 58.8. The van der Waals surface area contributed by atoms with Crippen LogP contribution in [-0.4, -0.2) is 107 Å². The quantitative estimate of drug-likeness (QED) is 0.0173. The zero-order valence-electron chi connectivity index (χ0n) is 39.1. The van der Waals surface area contributed by atoms with E-state index in [2.05, 4.69) is 35.5 Å². The first-order valence-electron chi connectivity index (χ1n) is 25.2. The number of carbonyl (C=O) groups excluding carboxylic acids is 1. The molecule has 0 spiro atoms. The Bertz CT molecular complexity index is 1180. The van der Waals surface area contributed by atoms with Crippen molar-refractivity contribution in [2.45, 2.75) is 275 Å². The predicted octanol–water partition coefficient (Wildman–Crippen LogP) is 9.31. The van der Waals surface area contributed by atoms with Crippen LogP contribution in [0.15, 0.2) is 12.2 Å². The van der Waals surface area contributed by atoms with Gasteiger partial charge in [-0.05, 0) is 38.5 Å². The van der Waals surface area contributed by atoms with E-state index in [1.807, 2.05) is 0 Å². The third kappa shape index (κ3) is 30.8. The summed E-state index contributed by atoms with van der Waals surface area (Å²) in [6, 6.07) is -1.04. The molecular weight excluding hydrogens is 815 g/mol. The summed E-state index contributed by atoms with van der Waals surface area (Å²) in [7, 11) is -5.11. The second kappa shape index (κ2) is 39.0. The maximum absolute atomic E-state index is 13.1. The van der Waals surface area contributed by atoms with Gasteiger partial charge in [0.1, 0.15) is 30.5 Å². The van der Waals surface area contributed by atoms with Crippen LogP contribution in [0.25, 0.3) is 0 Å². The molecule has 1 amide bonds. The molecule has 0 saturated carbocycles. The number of aliphatic hydroxyl groups excluding tert-OH is 5. The highest BCUT2D eigenvalue weighted by Crippen LogP contribution is 2.26. The van der Waals surface area contributed by atoms with Crippen LogP contribution in [0.4, 0.5) is 0 Å². The summed E-state index contributed by atoms with van der Waals surface area (Å²) in [6.45, 7) is 3.29. The molecule has 1 aliphatic heterocycles.